The summed E-state index contributed by atoms with van der Waals surface area (Å²) in [7, 11) is 0. The summed E-state index contributed by atoms with van der Waals surface area (Å²) in [6.07, 6.45) is 5.38. The molecule has 0 aromatic heterocycles. The fraction of sp³-hybridized carbons (Fsp3) is 0.667. The van der Waals surface area contributed by atoms with Gasteiger partial charge in [0.2, 0.25) is 5.91 Å². The average Bonchev–Trinajstić information content (AvgIpc) is 2.90. The minimum absolute atomic E-state index is 0.0414. The molecule has 0 radical (unpaired) electrons. The number of ether oxygens (including phenoxy) is 1. The molecule has 158 valence electrons. The van der Waals surface area contributed by atoms with Gasteiger partial charge in [0, 0.05) is 13.1 Å². The van der Waals surface area contributed by atoms with E-state index in [1.165, 1.54) is 12.0 Å². The number of aryl methyl sites for hydroxylation is 1. The molecule has 1 amide bonds. The van der Waals surface area contributed by atoms with Crippen LogP contribution in [-0.2, 0) is 9.53 Å². The maximum absolute atomic E-state index is 14.1. The molecule has 1 aromatic carbocycles. The third-order valence-corrected chi connectivity index (χ3v) is 6.52. The SMILES string of the molecule is Cc1ccc(N2C(=O)C3(CCCCC3)[C@@H](N3CCOCC3)C2=NC(C)(C)C)cc1. The van der Waals surface area contributed by atoms with Gasteiger partial charge in [0.15, 0.2) is 0 Å². The third-order valence-electron chi connectivity index (χ3n) is 6.52. The first-order chi connectivity index (χ1) is 13.8. The Bertz CT molecular complexity index is 766. The van der Waals surface area contributed by atoms with Gasteiger partial charge >= 0.3 is 0 Å². The molecule has 4 rings (SSSR count). The Morgan fingerprint density at radius 3 is 2.24 bits per heavy atom. The maximum Gasteiger partial charge on any atom is 0.240 e. The van der Waals surface area contributed by atoms with E-state index in [2.05, 4.69) is 56.9 Å². The molecule has 1 aliphatic carbocycles. The number of morpholine rings is 1. The molecular weight excluding hydrogens is 362 g/mol. The van der Waals surface area contributed by atoms with Crippen molar-refractivity contribution in [1.82, 2.24) is 4.90 Å². The van der Waals surface area contributed by atoms with Crippen molar-refractivity contribution in [3.05, 3.63) is 29.8 Å². The summed E-state index contributed by atoms with van der Waals surface area (Å²) < 4.78 is 5.64. The second-order valence-corrected chi connectivity index (χ2v) is 9.88. The van der Waals surface area contributed by atoms with E-state index in [9.17, 15) is 4.79 Å². The van der Waals surface area contributed by atoms with Crippen LogP contribution in [0.5, 0.6) is 0 Å². The Hall–Kier alpha value is -1.72. The van der Waals surface area contributed by atoms with E-state index in [0.717, 1.165) is 63.5 Å². The minimum atomic E-state index is -0.357. The first-order valence-electron chi connectivity index (χ1n) is 11.1. The van der Waals surface area contributed by atoms with E-state index in [4.69, 9.17) is 9.73 Å². The van der Waals surface area contributed by atoms with Crippen LogP contribution in [0.2, 0.25) is 0 Å². The summed E-state index contributed by atoms with van der Waals surface area (Å²) in [6, 6.07) is 8.37. The largest absolute Gasteiger partial charge is 0.379 e. The van der Waals surface area contributed by atoms with Crippen LogP contribution in [0, 0.1) is 12.3 Å². The van der Waals surface area contributed by atoms with Crippen molar-refractivity contribution in [2.75, 3.05) is 31.2 Å². The summed E-state index contributed by atoms with van der Waals surface area (Å²) in [6.45, 7) is 11.6. The van der Waals surface area contributed by atoms with Crippen molar-refractivity contribution in [2.45, 2.75) is 71.4 Å². The lowest BCUT2D eigenvalue weighted by Gasteiger charge is -2.42. The monoisotopic (exact) mass is 397 g/mol. The molecule has 3 aliphatic rings. The predicted octanol–water partition coefficient (Wildman–Crippen LogP) is 4.19. The smallest absolute Gasteiger partial charge is 0.240 e. The Morgan fingerprint density at radius 2 is 1.66 bits per heavy atom. The Balaban J connectivity index is 1.86. The molecule has 0 unspecified atom stereocenters. The second-order valence-electron chi connectivity index (χ2n) is 9.88. The number of carbonyl (C=O) groups is 1. The lowest BCUT2D eigenvalue weighted by molar-refractivity contribution is -0.130. The normalized spacial score (nSPS) is 27.2. The molecule has 5 heteroatoms. The number of nitrogens with zero attached hydrogens (tertiary/aromatic N) is 3. The van der Waals surface area contributed by atoms with E-state index in [1.807, 2.05) is 4.90 Å². The van der Waals surface area contributed by atoms with Gasteiger partial charge in [-0.15, -0.1) is 0 Å². The number of aliphatic imine (C=N–C) groups is 1. The van der Waals surface area contributed by atoms with Gasteiger partial charge in [0.05, 0.1) is 35.9 Å². The lowest BCUT2D eigenvalue weighted by atomic mass is 9.69. The Labute approximate surface area is 175 Å². The molecule has 3 fully saturated rings. The van der Waals surface area contributed by atoms with Crippen LogP contribution in [0.15, 0.2) is 29.3 Å². The number of hydrogen-bond donors (Lipinski definition) is 0. The third kappa shape index (κ3) is 3.87. The predicted molar refractivity (Wildman–Crippen MR) is 118 cm³/mol. The van der Waals surface area contributed by atoms with Crippen molar-refractivity contribution >= 4 is 17.4 Å². The number of rotatable bonds is 2. The minimum Gasteiger partial charge on any atom is -0.379 e. The summed E-state index contributed by atoms with van der Waals surface area (Å²) in [5.41, 5.74) is 1.55. The first kappa shape index (κ1) is 20.5. The fourth-order valence-corrected chi connectivity index (χ4v) is 5.23. The molecule has 2 aliphatic heterocycles. The van der Waals surface area contributed by atoms with Crippen molar-refractivity contribution in [2.24, 2.45) is 10.4 Å². The van der Waals surface area contributed by atoms with Crippen LogP contribution in [0.25, 0.3) is 0 Å². The number of amides is 1. The van der Waals surface area contributed by atoms with E-state index < -0.39 is 0 Å². The van der Waals surface area contributed by atoms with E-state index in [0.29, 0.717) is 0 Å². The van der Waals surface area contributed by atoms with Gasteiger partial charge in [0.1, 0.15) is 5.84 Å². The van der Waals surface area contributed by atoms with Crippen molar-refractivity contribution < 1.29 is 9.53 Å². The molecule has 0 N–H and O–H groups in total. The van der Waals surface area contributed by atoms with Crippen LogP contribution in [0.4, 0.5) is 5.69 Å². The Morgan fingerprint density at radius 1 is 1.03 bits per heavy atom. The number of hydrogen-bond acceptors (Lipinski definition) is 4. The molecule has 2 saturated heterocycles. The molecule has 29 heavy (non-hydrogen) atoms. The average molecular weight is 398 g/mol. The van der Waals surface area contributed by atoms with Crippen molar-refractivity contribution in [3.8, 4) is 0 Å². The van der Waals surface area contributed by atoms with E-state index in [1.54, 1.807) is 0 Å². The van der Waals surface area contributed by atoms with Crippen molar-refractivity contribution in [3.63, 3.8) is 0 Å². The molecule has 1 aromatic rings. The van der Waals surface area contributed by atoms with Gasteiger partial charge in [-0.05, 0) is 52.7 Å². The summed E-state index contributed by atoms with van der Waals surface area (Å²) >= 11 is 0. The molecule has 1 saturated carbocycles. The summed E-state index contributed by atoms with van der Waals surface area (Å²) in [5, 5.41) is 0. The molecule has 5 nitrogen and oxygen atoms in total. The highest BCUT2D eigenvalue weighted by Crippen LogP contribution is 2.49. The maximum atomic E-state index is 14.1. The zero-order valence-electron chi connectivity index (χ0n) is 18.4. The second kappa shape index (κ2) is 7.84. The topological polar surface area (TPSA) is 45.1 Å². The standard InChI is InChI=1S/C24H35N3O2/c1-18-8-10-19(11-9-18)27-21(25-23(2,3)4)20(26-14-16-29-17-15-26)24(22(27)28)12-6-5-7-13-24/h8-11,20H,5-7,12-17H2,1-4H3/t20-/m0/s1. The summed E-state index contributed by atoms with van der Waals surface area (Å²) in [4.78, 5) is 23.7. The highest BCUT2D eigenvalue weighted by molar-refractivity contribution is 6.27. The van der Waals surface area contributed by atoms with Crippen LogP contribution in [0.3, 0.4) is 0 Å². The number of anilines is 1. The number of amidine groups is 1. The molecule has 1 atom stereocenters. The van der Waals surface area contributed by atoms with Gasteiger partial charge in [0.25, 0.3) is 0 Å². The van der Waals surface area contributed by atoms with Gasteiger partial charge in [-0.1, -0.05) is 37.0 Å². The highest BCUT2D eigenvalue weighted by atomic mass is 16.5. The zero-order chi connectivity index (χ0) is 20.6. The molecular formula is C24H35N3O2. The van der Waals surface area contributed by atoms with Crippen LogP contribution >= 0.6 is 0 Å². The molecule has 2 heterocycles. The van der Waals surface area contributed by atoms with Crippen molar-refractivity contribution in [1.29, 1.82) is 0 Å². The fourth-order valence-electron chi connectivity index (χ4n) is 5.23. The van der Waals surface area contributed by atoms with Crippen LogP contribution in [-0.4, -0.2) is 54.5 Å². The number of benzene rings is 1. The van der Waals surface area contributed by atoms with Crippen LogP contribution < -0.4 is 4.90 Å². The first-order valence-corrected chi connectivity index (χ1v) is 11.1. The van der Waals surface area contributed by atoms with Gasteiger partial charge in [-0.2, -0.15) is 0 Å². The van der Waals surface area contributed by atoms with Gasteiger partial charge < -0.3 is 4.74 Å². The van der Waals surface area contributed by atoms with Gasteiger partial charge in [-0.25, -0.2) is 0 Å². The highest BCUT2D eigenvalue weighted by Gasteiger charge is 2.60. The van der Waals surface area contributed by atoms with E-state index in [-0.39, 0.29) is 22.9 Å². The molecule has 0 bridgehead atoms. The van der Waals surface area contributed by atoms with E-state index >= 15 is 0 Å². The number of carbonyl (C=O) groups excluding carboxylic acids is 1. The Kier molecular flexibility index (Phi) is 5.56. The quantitative estimate of drug-likeness (QED) is 0.752. The lowest BCUT2D eigenvalue weighted by Crippen LogP contribution is -2.54. The zero-order valence-corrected chi connectivity index (χ0v) is 18.4. The molecule has 1 spiro atoms. The van der Waals surface area contributed by atoms with Gasteiger partial charge in [-0.3, -0.25) is 19.6 Å². The van der Waals surface area contributed by atoms with Crippen LogP contribution in [0.1, 0.15) is 58.4 Å². The summed E-state index contributed by atoms with van der Waals surface area (Å²) in [5.74, 6) is 1.19.